The number of methoxy groups -OCH3 is 1. The zero-order valence-electron chi connectivity index (χ0n) is 16.8. The molecular formula is C23H24N4O2. The minimum Gasteiger partial charge on any atom is -0.497 e. The van der Waals surface area contributed by atoms with Crippen LogP contribution in [0.5, 0.6) is 5.75 Å². The van der Waals surface area contributed by atoms with E-state index in [2.05, 4.69) is 28.3 Å². The zero-order chi connectivity index (χ0) is 20.4. The van der Waals surface area contributed by atoms with Crippen molar-refractivity contribution in [3.05, 3.63) is 77.1 Å². The van der Waals surface area contributed by atoms with Crippen molar-refractivity contribution in [3.63, 3.8) is 0 Å². The molecular weight excluding hydrogens is 364 g/mol. The minimum atomic E-state index is -0.0968. The number of aromatic nitrogens is 2. The number of aryl methyl sites for hydroxylation is 1. The summed E-state index contributed by atoms with van der Waals surface area (Å²) in [7, 11) is 1.64. The highest BCUT2D eigenvalue weighted by Crippen LogP contribution is 2.33. The van der Waals surface area contributed by atoms with Gasteiger partial charge in [0.05, 0.1) is 7.11 Å². The summed E-state index contributed by atoms with van der Waals surface area (Å²) in [6.07, 6.45) is 0.856. The van der Waals surface area contributed by atoms with Crippen molar-refractivity contribution in [3.8, 4) is 5.75 Å². The van der Waals surface area contributed by atoms with Gasteiger partial charge in [-0.3, -0.25) is 4.79 Å². The standard InChI is InChI=1S/C23H24N4O2/c1-15-12-20(22(28)27-16(2)13-18-6-4-5-7-21(18)27)26-23(25-15)24-14-17-8-10-19(29-3)11-9-17/h4-12,16H,13-14H2,1-3H3,(H,24,25,26). The molecule has 148 valence electrons. The Bertz CT molecular complexity index is 1030. The van der Waals surface area contributed by atoms with E-state index in [0.717, 1.165) is 29.1 Å². The van der Waals surface area contributed by atoms with Crippen LogP contribution >= 0.6 is 0 Å². The van der Waals surface area contributed by atoms with Gasteiger partial charge in [-0.1, -0.05) is 30.3 Å². The van der Waals surface area contributed by atoms with Gasteiger partial charge in [-0.15, -0.1) is 0 Å². The second-order valence-corrected chi connectivity index (χ2v) is 7.28. The molecule has 1 N–H and O–H groups in total. The van der Waals surface area contributed by atoms with Gasteiger partial charge in [0.2, 0.25) is 5.95 Å². The number of para-hydroxylation sites is 1. The molecule has 3 aromatic rings. The third-order valence-corrected chi connectivity index (χ3v) is 5.11. The Morgan fingerprint density at radius 2 is 1.93 bits per heavy atom. The molecule has 2 heterocycles. The van der Waals surface area contributed by atoms with Crippen LogP contribution in [-0.2, 0) is 13.0 Å². The van der Waals surface area contributed by atoms with Crippen molar-refractivity contribution in [2.75, 3.05) is 17.3 Å². The molecule has 1 unspecified atom stereocenters. The van der Waals surface area contributed by atoms with Gasteiger partial charge in [-0.05, 0) is 55.7 Å². The minimum absolute atomic E-state index is 0.0968. The van der Waals surface area contributed by atoms with E-state index in [0.29, 0.717) is 18.2 Å². The predicted octanol–water partition coefficient (Wildman–Crippen LogP) is 4.00. The summed E-state index contributed by atoms with van der Waals surface area (Å²) in [5, 5.41) is 3.22. The number of carbonyl (C=O) groups excluding carboxylic acids is 1. The molecule has 0 spiro atoms. The van der Waals surface area contributed by atoms with E-state index in [4.69, 9.17) is 4.74 Å². The van der Waals surface area contributed by atoms with E-state index in [1.54, 1.807) is 13.2 Å². The van der Waals surface area contributed by atoms with Crippen molar-refractivity contribution in [2.24, 2.45) is 0 Å². The van der Waals surface area contributed by atoms with Gasteiger partial charge < -0.3 is 15.0 Å². The zero-order valence-corrected chi connectivity index (χ0v) is 16.8. The first-order valence-electron chi connectivity index (χ1n) is 9.69. The molecule has 1 amide bonds. The van der Waals surface area contributed by atoms with Crippen molar-refractivity contribution in [1.29, 1.82) is 0 Å². The van der Waals surface area contributed by atoms with Gasteiger partial charge in [0.1, 0.15) is 11.4 Å². The number of amides is 1. The van der Waals surface area contributed by atoms with E-state index in [1.807, 2.05) is 54.3 Å². The topological polar surface area (TPSA) is 67.3 Å². The molecule has 0 aliphatic carbocycles. The Hall–Kier alpha value is -3.41. The third kappa shape index (κ3) is 3.92. The lowest BCUT2D eigenvalue weighted by Gasteiger charge is -2.22. The van der Waals surface area contributed by atoms with Crippen LogP contribution in [0.4, 0.5) is 11.6 Å². The molecule has 0 saturated carbocycles. The predicted molar refractivity (Wildman–Crippen MR) is 114 cm³/mol. The maximum Gasteiger partial charge on any atom is 0.277 e. The number of benzene rings is 2. The average Bonchev–Trinajstić information content (AvgIpc) is 3.07. The Morgan fingerprint density at radius 3 is 2.69 bits per heavy atom. The Labute approximate surface area is 170 Å². The third-order valence-electron chi connectivity index (χ3n) is 5.11. The van der Waals surface area contributed by atoms with Crippen LogP contribution in [0.1, 0.15) is 34.2 Å². The summed E-state index contributed by atoms with van der Waals surface area (Å²) < 4.78 is 5.18. The number of fused-ring (bicyclic) bond motifs is 1. The van der Waals surface area contributed by atoms with Crippen LogP contribution in [0.15, 0.2) is 54.6 Å². The molecule has 0 radical (unpaired) electrons. The van der Waals surface area contributed by atoms with Crippen LogP contribution in [0.2, 0.25) is 0 Å². The van der Waals surface area contributed by atoms with Crippen LogP contribution < -0.4 is 15.0 Å². The quantitative estimate of drug-likeness (QED) is 0.716. The normalized spacial score (nSPS) is 15.1. The number of anilines is 2. The van der Waals surface area contributed by atoms with E-state index >= 15 is 0 Å². The average molecular weight is 388 g/mol. The number of carbonyl (C=O) groups is 1. The number of nitrogens with zero attached hydrogens (tertiary/aromatic N) is 3. The first kappa shape index (κ1) is 18.9. The number of nitrogens with one attached hydrogen (secondary N) is 1. The Kier molecular flexibility index (Phi) is 5.16. The highest BCUT2D eigenvalue weighted by atomic mass is 16.5. The summed E-state index contributed by atoms with van der Waals surface area (Å²) in [6, 6.07) is 17.7. The largest absolute Gasteiger partial charge is 0.497 e. The molecule has 0 fully saturated rings. The molecule has 0 bridgehead atoms. The number of ether oxygens (including phenoxy) is 1. The molecule has 1 aliphatic heterocycles. The van der Waals surface area contributed by atoms with Crippen LogP contribution in [-0.4, -0.2) is 29.0 Å². The molecule has 4 rings (SSSR count). The Balaban J connectivity index is 1.54. The molecule has 0 saturated heterocycles. The summed E-state index contributed by atoms with van der Waals surface area (Å²) >= 11 is 0. The summed E-state index contributed by atoms with van der Waals surface area (Å²) in [4.78, 5) is 24.0. The maximum atomic E-state index is 13.3. The first-order valence-corrected chi connectivity index (χ1v) is 9.69. The number of rotatable bonds is 5. The van der Waals surface area contributed by atoms with E-state index in [9.17, 15) is 4.79 Å². The van der Waals surface area contributed by atoms with Crippen molar-refractivity contribution < 1.29 is 9.53 Å². The highest BCUT2D eigenvalue weighted by molar-refractivity contribution is 6.06. The van der Waals surface area contributed by atoms with Crippen molar-refractivity contribution in [1.82, 2.24) is 9.97 Å². The lowest BCUT2D eigenvalue weighted by molar-refractivity contribution is 0.0976. The fraction of sp³-hybridized carbons (Fsp3) is 0.261. The fourth-order valence-electron chi connectivity index (χ4n) is 3.68. The molecule has 2 aromatic carbocycles. The van der Waals surface area contributed by atoms with Gasteiger partial charge in [0.15, 0.2) is 0 Å². The smallest absolute Gasteiger partial charge is 0.277 e. The highest BCUT2D eigenvalue weighted by Gasteiger charge is 2.32. The Morgan fingerprint density at radius 1 is 1.17 bits per heavy atom. The van der Waals surface area contributed by atoms with Gasteiger partial charge in [-0.25, -0.2) is 9.97 Å². The molecule has 6 heteroatoms. The fourth-order valence-corrected chi connectivity index (χ4v) is 3.68. The number of hydrogen-bond donors (Lipinski definition) is 1. The second kappa shape index (κ2) is 7.91. The summed E-state index contributed by atoms with van der Waals surface area (Å²) in [6.45, 7) is 4.50. The van der Waals surface area contributed by atoms with E-state index < -0.39 is 0 Å². The van der Waals surface area contributed by atoms with Gasteiger partial charge in [0.25, 0.3) is 5.91 Å². The van der Waals surface area contributed by atoms with Crippen LogP contribution in [0.25, 0.3) is 0 Å². The molecule has 1 atom stereocenters. The lowest BCUT2D eigenvalue weighted by atomic mass is 10.1. The van der Waals surface area contributed by atoms with Gasteiger partial charge in [0, 0.05) is 24.0 Å². The number of hydrogen-bond acceptors (Lipinski definition) is 5. The van der Waals surface area contributed by atoms with Crippen LogP contribution in [0.3, 0.4) is 0 Å². The lowest BCUT2D eigenvalue weighted by Crippen LogP contribution is -2.36. The van der Waals surface area contributed by atoms with Crippen LogP contribution in [0, 0.1) is 6.92 Å². The molecule has 1 aromatic heterocycles. The maximum absolute atomic E-state index is 13.3. The molecule has 29 heavy (non-hydrogen) atoms. The molecule has 1 aliphatic rings. The monoisotopic (exact) mass is 388 g/mol. The molecule has 6 nitrogen and oxygen atoms in total. The second-order valence-electron chi connectivity index (χ2n) is 7.28. The van der Waals surface area contributed by atoms with Gasteiger partial charge in [-0.2, -0.15) is 0 Å². The van der Waals surface area contributed by atoms with E-state index in [1.165, 1.54) is 5.56 Å². The van der Waals surface area contributed by atoms with Crippen molar-refractivity contribution in [2.45, 2.75) is 32.9 Å². The first-order chi connectivity index (χ1) is 14.0. The van der Waals surface area contributed by atoms with E-state index in [-0.39, 0.29) is 11.9 Å². The summed E-state index contributed by atoms with van der Waals surface area (Å²) in [5.74, 6) is 1.17. The summed E-state index contributed by atoms with van der Waals surface area (Å²) in [5.41, 5.74) is 4.39. The van der Waals surface area contributed by atoms with Crippen molar-refractivity contribution >= 4 is 17.5 Å². The SMILES string of the molecule is COc1ccc(CNc2nc(C)cc(C(=O)N3c4ccccc4CC3C)n2)cc1. The van der Waals surface area contributed by atoms with Gasteiger partial charge >= 0.3 is 0 Å².